The summed E-state index contributed by atoms with van der Waals surface area (Å²) < 4.78 is 23.8. The Morgan fingerprint density at radius 2 is 2.18 bits per heavy atom. The van der Waals surface area contributed by atoms with Gasteiger partial charge in [0.2, 0.25) is 0 Å². The lowest BCUT2D eigenvalue weighted by atomic mass is 10.3. The Labute approximate surface area is 61.2 Å². The van der Waals surface area contributed by atoms with Gasteiger partial charge in [0.05, 0.1) is 7.05 Å². The Bertz CT molecular complexity index is 234. The van der Waals surface area contributed by atoms with Crippen LogP contribution in [0.15, 0.2) is 0 Å². The molecule has 7 heteroatoms. The molecule has 11 heavy (non-hydrogen) atoms. The van der Waals surface area contributed by atoms with Crippen LogP contribution < -0.4 is 5.73 Å². The standard InChI is InChI=1S/C4H7F2N5/c1-11-9-4(8-10-11)2(7)3(5)6/h2-3H,7H2,1H3. The maximum atomic E-state index is 11.9. The second-order valence-corrected chi connectivity index (χ2v) is 2.00. The molecule has 0 fully saturated rings. The summed E-state index contributed by atoms with van der Waals surface area (Å²) in [6.45, 7) is 0. The number of alkyl halides is 2. The van der Waals surface area contributed by atoms with E-state index in [1.807, 2.05) is 0 Å². The van der Waals surface area contributed by atoms with E-state index in [1.165, 1.54) is 7.05 Å². The van der Waals surface area contributed by atoms with Crippen molar-refractivity contribution in [2.75, 3.05) is 0 Å². The van der Waals surface area contributed by atoms with Gasteiger partial charge in [-0.1, -0.05) is 0 Å². The van der Waals surface area contributed by atoms with Crippen LogP contribution in [-0.4, -0.2) is 26.6 Å². The summed E-state index contributed by atoms with van der Waals surface area (Å²) in [5, 5.41) is 10.2. The van der Waals surface area contributed by atoms with E-state index in [1.54, 1.807) is 0 Å². The number of nitrogens with two attached hydrogens (primary N) is 1. The SMILES string of the molecule is Cn1nnc(C(N)C(F)F)n1. The van der Waals surface area contributed by atoms with Gasteiger partial charge in [0.15, 0.2) is 5.82 Å². The summed E-state index contributed by atoms with van der Waals surface area (Å²) in [5.41, 5.74) is 5.02. The Kier molecular flexibility index (Phi) is 2.08. The number of aryl methyl sites for hydroxylation is 1. The average molecular weight is 163 g/mol. The molecule has 0 aliphatic heterocycles. The lowest BCUT2D eigenvalue weighted by molar-refractivity contribution is 0.112. The molecule has 1 unspecified atom stereocenters. The van der Waals surface area contributed by atoms with Crippen LogP contribution in [0.3, 0.4) is 0 Å². The molecule has 0 aromatic carbocycles. The second-order valence-electron chi connectivity index (χ2n) is 2.00. The molecule has 0 bridgehead atoms. The van der Waals surface area contributed by atoms with Crippen molar-refractivity contribution in [3.8, 4) is 0 Å². The first-order valence-corrected chi connectivity index (χ1v) is 2.89. The van der Waals surface area contributed by atoms with Gasteiger partial charge in [-0.15, -0.1) is 10.2 Å². The highest BCUT2D eigenvalue weighted by atomic mass is 19.3. The van der Waals surface area contributed by atoms with Gasteiger partial charge < -0.3 is 5.73 Å². The zero-order valence-corrected chi connectivity index (χ0v) is 5.78. The van der Waals surface area contributed by atoms with Crippen LogP contribution in [0.5, 0.6) is 0 Å². The molecule has 0 spiro atoms. The molecule has 0 saturated heterocycles. The summed E-state index contributed by atoms with van der Waals surface area (Å²) in [5.74, 6) is -0.137. The quantitative estimate of drug-likeness (QED) is 0.636. The summed E-state index contributed by atoms with van der Waals surface area (Å²) >= 11 is 0. The van der Waals surface area contributed by atoms with Crippen LogP contribution in [0.4, 0.5) is 8.78 Å². The average Bonchev–Trinajstić information content (AvgIpc) is 2.34. The highest BCUT2D eigenvalue weighted by Gasteiger charge is 2.21. The number of halogens is 2. The van der Waals surface area contributed by atoms with Crippen LogP contribution in [0.25, 0.3) is 0 Å². The van der Waals surface area contributed by atoms with Crippen molar-refractivity contribution in [1.82, 2.24) is 20.2 Å². The molecule has 5 nitrogen and oxygen atoms in total. The van der Waals surface area contributed by atoms with Crippen LogP contribution in [0.1, 0.15) is 11.9 Å². The number of rotatable bonds is 2. The highest BCUT2D eigenvalue weighted by molar-refractivity contribution is 4.88. The molecular weight excluding hydrogens is 156 g/mol. The molecule has 1 heterocycles. The van der Waals surface area contributed by atoms with Crippen molar-refractivity contribution in [1.29, 1.82) is 0 Å². The number of tetrazole rings is 1. The first kappa shape index (κ1) is 7.99. The zero-order valence-electron chi connectivity index (χ0n) is 5.78. The lowest BCUT2D eigenvalue weighted by Gasteiger charge is -2.02. The summed E-state index contributed by atoms with van der Waals surface area (Å²) in [7, 11) is 1.48. The monoisotopic (exact) mass is 163 g/mol. The van der Waals surface area contributed by atoms with E-state index < -0.39 is 12.5 Å². The molecule has 1 rings (SSSR count). The van der Waals surface area contributed by atoms with Crippen LogP contribution >= 0.6 is 0 Å². The second kappa shape index (κ2) is 2.87. The third kappa shape index (κ3) is 1.67. The van der Waals surface area contributed by atoms with Crippen molar-refractivity contribution in [3.05, 3.63) is 5.82 Å². The fraction of sp³-hybridized carbons (Fsp3) is 0.750. The predicted molar refractivity (Wildman–Crippen MR) is 31.7 cm³/mol. The molecule has 0 aliphatic rings. The van der Waals surface area contributed by atoms with Crippen molar-refractivity contribution in [3.63, 3.8) is 0 Å². The van der Waals surface area contributed by atoms with Crippen LogP contribution in [-0.2, 0) is 7.05 Å². The maximum absolute atomic E-state index is 11.9. The third-order valence-corrected chi connectivity index (χ3v) is 1.09. The summed E-state index contributed by atoms with van der Waals surface area (Å²) in [4.78, 5) is 1.08. The van der Waals surface area contributed by atoms with Gasteiger partial charge in [-0.25, -0.2) is 8.78 Å². The molecule has 2 N–H and O–H groups in total. The third-order valence-electron chi connectivity index (χ3n) is 1.09. The van der Waals surface area contributed by atoms with E-state index in [0.29, 0.717) is 0 Å². The zero-order chi connectivity index (χ0) is 8.43. The minimum absolute atomic E-state index is 0.137. The molecule has 1 aromatic heterocycles. The van der Waals surface area contributed by atoms with Crippen molar-refractivity contribution in [2.45, 2.75) is 12.5 Å². The van der Waals surface area contributed by atoms with Gasteiger partial charge in [0.25, 0.3) is 6.43 Å². The maximum Gasteiger partial charge on any atom is 0.260 e. The van der Waals surface area contributed by atoms with E-state index in [9.17, 15) is 8.78 Å². The van der Waals surface area contributed by atoms with Crippen molar-refractivity contribution in [2.24, 2.45) is 12.8 Å². The van der Waals surface area contributed by atoms with Crippen LogP contribution in [0.2, 0.25) is 0 Å². The van der Waals surface area contributed by atoms with Gasteiger partial charge in [0, 0.05) is 0 Å². The van der Waals surface area contributed by atoms with E-state index in [4.69, 9.17) is 5.73 Å². The van der Waals surface area contributed by atoms with E-state index in [-0.39, 0.29) is 5.82 Å². The predicted octanol–water partition coefficient (Wildman–Crippen LogP) is -0.525. The molecule has 0 amide bonds. The minimum Gasteiger partial charge on any atom is -0.316 e. The van der Waals surface area contributed by atoms with Gasteiger partial charge >= 0.3 is 0 Å². The first-order valence-electron chi connectivity index (χ1n) is 2.89. The van der Waals surface area contributed by atoms with Crippen molar-refractivity contribution >= 4 is 0 Å². The van der Waals surface area contributed by atoms with Gasteiger partial charge in [-0.05, 0) is 5.21 Å². The Hall–Kier alpha value is -1.11. The number of aromatic nitrogens is 4. The largest absolute Gasteiger partial charge is 0.316 e. The molecule has 1 aromatic rings. The molecule has 0 aliphatic carbocycles. The topological polar surface area (TPSA) is 69.6 Å². The number of nitrogens with zero attached hydrogens (tertiary/aromatic N) is 4. The fourth-order valence-electron chi connectivity index (χ4n) is 0.545. The van der Waals surface area contributed by atoms with Gasteiger partial charge in [-0.2, -0.15) is 4.80 Å². The Morgan fingerprint density at radius 1 is 1.55 bits per heavy atom. The highest BCUT2D eigenvalue weighted by Crippen LogP contribution is 2.11. The van der Waals surface area contributed by atoms with E-state index >= 15 is 0 Å². The van der Waals surface area contributed by atoms with Gasteiger partial charge in [0.1, 0.15) is 6.04 Å². The Balaban J connectivity index is 2.76. The molecule has 62 valence electrons. The van der Waals surface area contributed by atoms with Crippen molar-refractivity contribution < 1.29 is 8.78 Å². The van der Waals surface area contributed by atoms with Crippen LogP contribution in [0, 0.1) is 0 Å². The molecule has 0 saturated carbocycles. The lowest BCUT2D eigenvalue weighted by Crippen LogP contribution is -2.20. The number of hydrogen-bond acceptors (Lipinski definition) is 4. The first-order chi connectivity index (χ1) is 5.11. The molecule has 0 radical (unpaired) electrons. The van der Waals surface area contributed by atoms with E-state index in [0.717, 1.165) is 4.80 Å². The van der Waals surface area contributed by atoms with E-state index in [2.05, 4.69) is 15.4 Å². The molecule has 1 atom stereocenters. The Morgan fingerprint density at radius 3 is 2.55 bits per heavy atom. The number of hydrogen-bond donors (Lipinski definition) is 1. The normalized spacial score (nSPS) is 13.9. The molecular formula is C4H7F2N5. The summed E-state index contributed by atoms with van der Waals surface area (Å²) in [6.07, 6.45) is -2.65. The fourth-order valence-corrected chi connectivity index (χ4v) is 0.545. The smallest absolute Gasteiger partial charge is 0.260 e. The van der Waals surface area contributed by atoms with Gasteiger partial charge in [-0.3, -0.25) is 0 Å². The minimum atomic E-state index is -2.65. The summed E-state index contributed by atoms with van der Waals surface area (Å²) in [6, 6.07) is -1.44.